The lowest BCUT2D eigenvalue weighted by molar-refractivity contribution is 0.410. The summed E-state index contributed by atoms with van der Waals surface area (Å²) in [7, 11) is 1.70. The zero-order valence-corrected chi connectivity index (χ0v) is 12.9. The van der Waals surface area contributed by atoms with E-state index in [-0.39, 0.29) is 6.04 Å². The SMILES string of the molecule is CCNC(c1ccc(C)c(OC)c1)c1ccccc1Cl. The Bertz CT molecular complexity index is 583. The van der Waals surface area contributed by atoms with Gasteiger partial charge in [-0.2, -0.15) is 0 Å². The number of hydrogen-bond donors (Lipinski definition) is 1. The third kappa shape index (κ3) is 3.14. The van der Waals surface area contributed by atoms with Crippen molar-refractivity contribution in [2.24, 2.45) is 0 Å². The molecule has 1 unspecified atom stereocenters. The highest BCUT2D eigenvalue weighted by molar-refractivity contribution is 6.31. The molecule has 20 heavy (non-hydrogen) atoms. The Morgan fingerprint density at radius 3 is 2.60 bits per heavy atom. The number of halogens is 1. The van der Waals surface area contributed by atoms with E-state index in [1.807, 2.05) is 25.1 Å². The fourth-order valence-corrected chi connectivity index (χ4v) is 2.58. The molecule has 0 aliphatic rings. The summed E-state index contributed by atoms with van der Waals surface area (Å²) in [4.78, 5) is 0. The van der Waals surface area contributed by atoms with Crippen molar-refractivity contribution in [3.63, 3.8) is 0 Å². The Balaban J connectivity index is 2.46. The summed E-state index contributed by atoms with van der Waals surface area (Å²) in [5, 5.41) is 4.26. The molecule has 0 aromatic heterocycles. The molecular weight excluding hydrogens is 270 g/mol. The maximum Gasteiger partial charge on any atom is 0.122 e. The fraction of sp³-hybridized carbons (Fsp3) is 0.294. The largest absolute Gasteiger partial charge is 0.496 e. The Kier molecular flexibility index (Phi) is 5.05. The minimum Gasteiger partial charge on any atom is -0.496 e. The summed E-state index contributed by atoms with van der Waals surface area (Å²) in [5.74, 6) is 0.900. The minimum atomic E-state index is 0.0724. The molecule has 0 aliphatic carbocycles. The Morgan fingerprint density at radius 2 is 1.95 bits per heavy atom. The van der Waals surface area contributed by atoms with Gasteiger partial charge in [-0.1, -0.05) is 48.9 Å². The number of aryl methyl sites for hydroxylation is 1. The van der Waals surface area contributed by atoms with Gasteiger partial charge in [-0.15, -0.1) is 0 Å². The van der Waals surface area contributed by atoms with Crippen LogP contribution in [0, 0.1) is 6.92 Å². The average molecular weight is 290 g/mol. The predicted molar refractivity (Wildman–Crippen MR) is 84.7 cm³/mol. The molecule has 1 N–H and O–H groups in total. The number of methoxy groups -OCH3 is 1. The topological polar surface area (TPSA) is 21.3 Å². The molecule has 0 bridgehead atoms. The molecule has 0 amide bonds. The first-order valence-electron chi connectivity index (χ1n) is 6.79. The molecular formula is C17H20ClNO. The third-order valence-corrected chi connectivity index (χ3v) is 3.73. The van der Waals surface area contributed by atoms with Crippen molar-refractivity contribution in [2.45, 2.75) is 19.9 Å². The van der Waals surface area contributed by atoms with Gasteiger partial charge in [-0.05, 0) is 42.3 Å². The Hall–Kier alpha value is -1.51. The highest BCUT2D eigenvalue weighted by Gasteiger charge is 2.16. The minimum absolute atomic E-state index is 0.0724. The van der Waals surface area contributed by atoms with Gasteiger partial charge in [0.05, 0.1) is 13.2 Å². The lowest BCUT2D eigenvalue weighted by Crippen LogP contribution is -2.22. The highest BCUT2D eigenvalue weighted by atomic mass is 35.5. The Morgan fingerprint density at radius 1 is 1.20 bits per heavy atom. The number of ether oxygens (including phenoxy) is 1. The van der Waals surface area contributed by atoms with Crippen LogP contribution in [0.1, 0.15) is 29.7 Å². The van der Waals surface area contributed by atoms with Crippen LogP contribution in [0.15, 0.2) is 42.5 Å². The predicted octanol–water partition coefficient (Wildman–Crippen LogP) is 4.36. The second kappa shape index (κ2) is 6.78. The quantitative estimate of drug-likeness (QED) is 0.883. The number of rotatable bonds is 5. The maximum atomic E-state index is 6.34. The van der Waals surface area contributed by atoms with E-state index in [1.165, 1.54) is 0 Å². The first kappa shape index (κ1) is 14.9. The molecule has 0 saturated carbocycles. The van der Waals surface area contributed by atoms with E-state index in [9.17, 15) is 0 Å². The van der Waals surface area contributed by atoms with Crippen LogP contribution in [0.25, 0.3) is 0 Å². The lowest BCUT2D eigenvalue weighted by Gasteiger charge is -2.21. The van der Waals surface area contributed by atoms with Crippen LogP contribution in [0.3, 0.4) is 0 Å². The second-order valence-corrected chi connectivity index (χ2v) is 5.15. The van der Waals surface area contributed by atoms with Gasteiger partial charge in [0.1, 0.15) is 5.75 Å². The van der Waals surface area contributed by atoms with Gasteiger partial charge in [-0.3, -0.25) is 0 Å². The first-order valence-corrected chi connectivity index (χ1v) is 7.17. The summed E-state index contributed by atoms with van der Waals surface area (Å²) in [6.45, 7) is 5.00. The Labute approximate surface area is 125 Å². The summed E-state index contributed by atoms with van der Waals surface area (Å²) < 4.78 is 5.42. The molecule has 0 aliphatic heterocycles. The van der Waals surface area contributed by atoms with Crippen LogP contribution in [-0.2, 0) is 0 Å². The normalized spacial score (nSPS) is 12.2. The van der Waals surface area contributed by atoms with Crippen LogP contribution in [0.5, 0.6) is 5.75 Å². The van der Waals surface area contributed by atoms with Crippen molar-refractivity contribution in [2.75, 3.05) is 13.7 Å². The van der Waals surface area contributed by atoms with Gasteiger partial charge in [0.15, 0.2) is 0 Å². The summed E-state index contributed by atoms with van der Waals surface area (Å²) in [6, 6.07) is 14.3. The van der Waals surface area contributed by atoms with E-state index in [0.29, 0.717) is 0 Å². The van der Waals surface area contributed by atoms with Crippen LogP contribution in [0.2, 0.25) is 5.02 Å². The van der Waals surface area contributed by atoms with Gasteiger partial charge >= 0.3 is 0 Å². The third-order valence-electron chi connectivity index (χ3n) is 3.39. The van der Waals surface area contributed by atoms with E-state index < -0.39 is 0 Å². The standard InChI is InChI=1S/C17H20ClNO/c1-4-19-17(14-7-5-6-8-15(14)18)13-10-9-12(2)16(11-13)20-3/h5-11,17,19H,4H2,1-3H3. The summed E-state index contributed by atoms with van der Waals surface area (Å²) in [5.41, 5.74) is 3.37. The van der Waals surface area contributed by atoms with E-state index in [0.717, 1.165) is 34.0 Å². The van der Waals surface area contributed by atoms with E-state index in [4.69, 9.17) is 16.3 Å². The molecule has 2 nitrogen and oxygen atoms in total. The van der Waals surface area contributed by atoms with Gasteiger partial charge in [0.25, 0.3) is 0 Å². The van der Waals surface area contributed by atoms with Gasteiger partial charge in [0.2, 0.25) is 0 Å². The van der Waals surface area contributed by atoms with E-state index in [1.54, 1.807) is 7.11 Å². The zero-order valence-electron chi connectivity index (χ0n) is 12.1. The van der Waals surface area contributed by atoms with Crippen LogP contribution in [-0.4, -0.2) is 13.7 Å². The molecule has 2 rings (SSSR count). The maximum absolute atomic E-state index is 6.34. The molecule has 0 radical (unpaired) electrons. The van der Waals surface area contributed by atoms with Gasteiger partial charge in [0, 0.05) is 5.02 Å². The molecule has 1 atom stereocenters. The van der Waals surface area contributed by atoms with Crippen molar-refractivity contribution in [1.29, 1.82) is 0 Å². The summed E-state index contributed by atoms with van der Waals surface area (Å²) in [6.07, 6.45) is 0. The van der Waals surface area contributed by atoms with Crippen LogP contribution >= 0.6 is 11.6 Å². The van der Waals surface area contributed by atoms with E-state index in [2.05, 4.69) is 36.5 Å². The highest BCUT2D eigenvalue weighted by Crippen LogP contribution is 2.31. The molecule has 0 saturated heterocycles. The van der Waals surface area contributed by atoms with Crippen molar-refractivity contribution >= 4 is 11.6 Å². The number of benzene rings is 2. The molecule has 3 heteroatoms. The molecule has 2 aromatic rings. The van der Waals surface area contributed by atoms with Crippen LogP contribution < -0.4 is 10.1 Å². The van der Waals surface area contributed by atoms with Crippen LogP contribution in [0.4, 0.5) is 0 Å². The molecule has 0 fully saturated rings. The van der Waals surface area contributed by atoms with Gasteiger partial charge < -0.3 is 10.1 Å². The monoisotopic (exact) mass is 289 g/mol. The molecule has 0 heterocycles. The van der Waals surface area contributed by atoms with E-state index >= 15 is 0 Å². The molecule has 0 spiro atoms. The number of hydrogen-bond acceptors (Lipinski definition) is 2. The average Bonchev–Trinajstić information content (AvgIpc) is 2.46. The lowest BCUT2D eigenvalue weighted by atomic mass is 9.97. The second-order valence-electron chi connectivity index (χ2n) is 4.74. The fourth-order valence-electron chi connectivity index (χ4n) is 2.34. The first-order chi connectivity index (χ1) is 9.67. The summed E-state index contributed by atoms with van der Waals surface area (Å²) >= 11 is 6.34. The number of nitrogens with one attached hydrogen (secondary N) is 1. The zero-order chi connectivity index (χ0) is 14.5. The van der Waals surface area contributed by atoms with Crippen molar-refractivity contribution in [3.05, 3.63) is 64.2 Å². The molecule has 106 valence electrons. The van der Waals surface area contributed by atoms with Gasteiger partial charge in [-0.25, -0.2) is 0 Å². The smallest absolute Gasteiger partial charge is 0.122 e. The van der Waals surface area contributed by atoms with Crippen molar-refractivity contribution in [3.8, 4) is 5.75 Å². The molecule has 2 aromatic carbocycles. The van der Waals surface area contributed by atoms with Crippen molar-refractivity contribution in [1.82, 2.24) is 5.32 Å². The van der Waals surface area contributed by atoms with Crippen molar-refractivity contribution < 1.29 is 4.74 Å².